The van der Waals surface area contributed by atoms with Crippen LogP contribution in [0.4, 0.5) is 0 Å². The van der Waals surface area contributed by atoms with Crippen molar-refractivity contribution in [3.05, 3.63) is 0 Å². The number of ether oxygens (including phenoxy) is 1. The highest BCUT2D eigenvalue weighted by atomic mass is 16.5. The van der Waals surface area contributed by atoms with E-state index in [1.54, 1.807) is 0 Å². The van der Waals surface area contributed by atoms with E-state index in [-0.39, 0.29) is 6.42 Å². The lowest BCUT2D eigenvalue weighted by molar-refractivity contribution is -0.151. The van der Waals surface area contributed by atoms with Gasteiger partial charge in [0.25, 0.3) is 0 Å². The predicted molar refractivity (Wildman–Crippen MR) is 79.7 cm³/mol. The van der Waals surface area contributed by atoms with Crippen LogP contribution in [0, 0.1) is 0 Å². The number of hydrogen-bond acceptors (Lipinski definition) is 3. The van der Waals surface area contributed by atoms with E-state index in [1.165, 1.54) is 51.9 Å². The SMILES string of the molecule is CCCCCCCCCCC[C@H](CC(=O)O)OC(C)=O. The molecule has 0 aromatic carbocycles. The van der Waals surface area contributed by atoms with Gasteiger partial charge in [0.1, 0.15) is 6.10 Å². The van der Waals surface area contributed by atoms with E-state index < -0.39 is 18.0 Å². The molecule has 0 heterocycles. The molecule has 0 aliphatic heterocycles. The molecule has 0 saturated heterocycles. The molecule has 0 spiro atoms. The van der Waals surface area contributed by atoms with Gasteiger partial charge in [-0.25, -0.2) is 0 Å². The molecule has 4 heteroatoms. The van der Waals surface area contributed by atoms with Crippen molar-refractivity contribution in [2.75, 3.05) is 0 Å². The predicted octanol–water partition coefficient (Wildman–Crippen LogP) is 4.31. The molecule has 0 fully saturated rings. The highest BCUT2D eigenvalue weighted by molar-refractivity contribution is 5.69. The quantitative estimate of drug-likeness (QED) is 0.404. The Kier molecular flexibility index (Phi) is 12.3. The third-order valence-electron chi connectivity index (χ3n) is 3.36. The molecule has 118 valence electrons. The Morgan fingerprint density at radius 3 is 1.90 bits per heavy atom. The second-order valence-electron chi connectivity index (χ2n) is 5.45. The van der Waals surface area contributed by atoms with Crippen LogP contribution in [-0.2, 0) is 14.3 Å². The molecule has 0 saturated carbocycles. The molecule has 0 bridgehead atoms. The fraction of sp³-hybridized carbons (Fsp3) is 0.875. The first-order valence-corrected chi connectivity index (χ1v) is 7.95. The van der Waals surface area contributed by atoms with Gasteiger partial charge < -0.3 is 9.84 Å². The van der Waals surface area contributed by atoms with Crippen LogP contribution < -0.4 is 0 Å². The Hall–Kier alpha value is -1.06. The van der Waals surface area contributed by atoms with Crippen molar-refractivity contribution in [2.45, 2.75) is 90.6 Å². The van der Waals surface area contributed by atoms with E-state index in [0.29, 0.717) is 6.42 Å². The molecule has 0 aliphatic carbocycles. The van der Waals surface area contributed by atoms with Gasteiger partial charge in [-0.05, 0) is 12.8 Å². The summed E-state index contributed by atoms with van der Waals surface area (Å²) < 4.78 is 5.01. The Morgan fingerprint density at radius 1 is 0.950 bits per heavy atom. The molecule has 1 N–H and O–H groups in total. The zero-order valence-corrected chi connectivity index (χ0v) is 13.0. The van der Waals surface area contributed by atoms with E-state index in [9.17, 15) is 9.59 Å². The molecule has 4 nitrogen and oxygen atoms in total. The maximum absolute atomic E-state index is 10.9. The summed E-state index contributed by atoms with van der Waals surface area (Å²) in [5.41, 5.74) is 0. The Labute approximate surface area is 122 Å². The number of carboxylic acids is 1. The maximum atomic E-state index is 10.9. The third kappa shape index (κ3) is 13.4. The first-order chi connectivity index (χ1) is 9.56. The average Bonchev–Trinajstić information content (AvgIpc) is 2.35. The van der Waals surface area contributed by atoms with Crippen molar-refractivity contribution in [3.63, 3.8) is 0 Å². The van der Waals surface area contributed by atoms with Crippen molar-refractivity contribution in [3.8, 4) is 0 Å². The van der Waals surface area contributed by atoms with Crippen LogP contribution in [0.25, 0.3) is 0 Å². The van der Waals surface area contributed by atoms with Crippen molar-refractivity contribution in [1.29, 1.82) is 0 Å². The summed E-state index contributed by atoms with van der Waals surface area (Å²) in [4.78, 5) is 21.5. The lowest BCUT2D eigenvalue weighted by Gasteiger charge is -2.14. The summed E-state index contributed by atoms with van der Waals surface area (Å²) in [6.07, 6.45) is 11.1. The largest absolute Gasteiger partial charge is 0.481 e. The molecular formula is C16H30O4. The Bertz CT molecular complexity index is 247. The summed E-state index contributed by atoms with van der Waals surface area (Å²) in [5.74, 6) is -1.31. The molecule has 0 amide bonds. The van der Waals surface area contributed by atoms with Crippen LogP contribution in [0.2, 0.25) is 0 Å². The average molecular weight is 286 g/mol. The van der Waals surface area contributed by atoms with Gasteiger partial charge in [-0.2, -0.15) is 0 Å². The number of carbonyl (C=O) groups is 2. The van der Waals surface area contributed by atoms with Crippen molar-refractivity contribution < 1.29 is 19.4 Å². The van der Waals surface area contributed by atoms with Crippen LogP contribution in [0.3, 0.4) is 0 Å². The van der Waals surface area contributed by atoms with Crippen molar-refractivity contribution >= 4 is 11.9 Å². The molecule has 20 heavy (non-hydrogen) atoms. The summed E-state index contributed by atoms with van der Waals surface area (Å²) in [6.45, 7) is 3.54. The lowest BCUT2D eigenvalue weighted by atomic mass is 10.0. The van der Waals surface area contributed by atoms with Crippen LogP contribution in [0.1, 0.15) is 84.5 Å². The third-order valence-corrected chi connectivity index (χ3v) is 3.36. The van der Waals surface area contributed by atoms with Gasteiger partial charge in [-0.3, -0.25) is 9.59 Å². The number of esters is 1. The van der Waals surface area contributed by atoms with E-state index in [0.717, 1.165) is 12.8 Å². The summed E-state index contributed by atoms with van der Waals surface area (Å²) >= 11 is 0. The lowest BCUT2D eigenvalue weighted by Crippen LogP contribution is -2.20. The molecule has 0 aromatic rings. The van der Waals surface area contributed by atoms with E-state index >= 15 is 0 Å². The number of carboxylic acid groups (broad SMARTS) is 1. The van der Waals surface area contributed by atoms with Gasteiger partial charge in [0.05, 0.1) is 6.42 Å². The monoisotopic (exact) mass is 286 g/mol. The summed E-state index contributed by atoms with van der Waals surface area (Å²) in [5, 5.41) is 8.75. The van der Waals surface area contributed by atoms with Gasteiger partial charge >= 0.3 is 11.9 Å². The molecule has 0 aromatic heterocycles. The Morgan fingerprint density at radius 2 is 1.45 bits per heavy atom. The fourth-order valence-electron chi connectivity index (χ4n) is 2.31. The van der Waals surface area contributed by atoms with Crippen molar-refractivity contribution in [2.24, 2.45) is 0 Å². The first kappa shape index (κ1) is 18.9. The number of rotatable bonds is 13. The number of aliphatic carboxylic acids is 1. The molecule has 0 aliphatic rings. The Balaban J connectivity index is 3.53. The van der Waals surface area contributed by atoms with Gasteiger partial charge in [0.15, 0.2) is 0 Å². The van der Waals surface area contributed by atoms with Gasteiger partial charge in [-0.1, -0.05) is 58.3 Å². The van der Waals surface area contributed by atoms with Crippen LogP contribution in [0.5, 0.6) is 0 Å². The minimum absolute atomic E-state index is 0.0867. The topological polar surface area (TPSA) is 63.6 Å². The molecular weight excluding hydrogens is 256 g/mol. The standard InChI is InChI=1S/C16H30O4/c1-3-4-5-6-7-8-9-10-11-12-15(13-16(18)19)20-14(2)17/h15H,3-13H2,1-2H3,(H,18,19)/t15-/m1/s1. The maximum Gasteiger partial charge on any atom is 0.307 e. The summed E-state index contributed by atoms with van der Waals surface area (Å²) in [7, 11) is 0. The van der Waals surface area contributed by atoms with Crippen LogP contribution in [0.15, 0.2) is 0 Å². The highest BCUT2D eigenvalue weighted by Gasteiger charge is 2.15. The second-order valence-corrected chi connectivity index (χ2v) is 5.45. The molecule has 0 unspecified atom stereocenters. The van der Waals surface area contributed by atoms with Gasteiger partial charge in [0, 0.05) is 6.92 Å². The second kappa shape index (κ2) is 12.9. The van der Waals surface area contributed by atoms with Gasteiger partial charge in [0.2, 0.25) is 0 Å². The van der Waals surface area contributed by atoms with Gasteiger partial charge in [-0.15, -0.1) is 0 Å². The number of hydrogen-bond donors (Lipinski definition) is 1. The fourth-order valence-corrected chi connectivity index (χ4v) is 2.31. The smallest absolute Gasteiger partial charge is 0.307 e. The summed E-state index contributed by atoms with van der Waals surface area (Å²) in [6, 6.07) is 0. The normalized spacial score (nSPS) is 12.1. The molecule has 0 radical (unpaired) electrons. The minimum atomic E-state index is -0.910. The van der Waals surface area contributed by atoms with Crippen molar-refractivity contribution in [1.82, 2.24) is 0 Å². The van der Waals surface area contributed by atoms with E-state index in [2.05, 4.69) is 6.92 Å². The van der Waals surface area contributed by atoms with E-state index in [4.69, 9.17) is 9.84 Å². The van der Waals surface area contributed by atoms with E-state index in [1.807, 2.05) is 0 Å². The minimum Gasteiger partial charge on any atom is -0.481 e. The first-order valence-electron chi connectivity index (χ1n) is 7.95. The highest BCUT2D eigenvalue weighted by Crippen LogP contribution is 2.14. The number of carbonyl (C=O) groups excluding carboxylic acids is 1. The van der Waals surface area contributed by atoms with Crippen LogP contribution in [-0.4, -0.2) is 23.1 Å². The molecule has 0 rings (SSSR count). The number of unbranched alkanes of at least 4 members (excludes halogenated alkanes) is 8. The zero-order chi connectivity index (χ0) is 15.2. The zero-order valence-electron chi connectivity index (χ0n) is 13.0. The molecule has 1 atom stereocenters. The van der Waals surface area contributed by atoms with Crippen LogP contribution >= 0.6 is 0 Å².